The van der Waals surface area contributed by atoms with Crippen molar-refractivity contribution in [2.75, 3.05) is 39.6 Å². The monoisotopic (exact) mass is 1600 g/mol. The Morgan fingerprint density at radius 2 is 0.482 bits per heavy atom. The lowest BCUT2D eigenvalue weighted by Gasteiger charge is -2.21. The number of rotatable bonds is 78. The van der Waals surface area contributed by atoms with Crippen LogP contribution in [0.1, 0.15) is 310 Å². The molecule has 0 bridgehead atoms. The molecule has 19 heteroatoms. The number of phosphoric acid groups is 2. The van der Waals surface area contributed by atoms with Crippen molar-refractivity contribution in [2.24, 2.45) is 0 Å². The number of phosphoric ester groups is 2. The number of allylic oxidation sites excluding steroid dienone is 32. The van der Waals surface area contributed by atoms with E-state index >= 15 is 0 Å². The van der Waals surface area contributed by atoms with E-state index in [1.807, 2.05) is 36.5 Å². The lowest BCUT2D eigenvalue weighted by Crippen LogP contribution is -2.30. The Morgan fingerprint density at radius 1 is 0.259 bits per heavy atom. The van der Waals surface area contributed by atoms with Gasteiger partial charge < -0.3 is 33.8 Å². The summed E-state index contributed by atoms with van der Waals surface area (Å²) in [6, 6.07) is 0. The van der Waals surface area contributed by atoms with Crippen LogP contribution in [0.15, 0.2) is 194 Å². The maximum absolute atomic E-state index is 13.1. The molecule has 0 aromatic rings. The van der Waals surface area contributed by atoms with E-state index in [1.165, 1.54) is 64.2 Å². The molecular formula is C93H150O17P2. The first-order valence-corrected chi connectivity index (χ1v) is 45.7. The third-order valence-electron chi connectivity index (χ3n) is 17.0. The molecule has 0 spiro atoms. The van der Waals surface area contributed by atoms with Crippen LogP contribution < -0.4 is 0 Å². The molecule has 17 nitrogen and oxygen atoms in total. The molecular weight excluding hydrogens is 1450 g/mol. The largest absolute Gasteiger partial charge is 0.472 e. The predicted molar refractivity (Wildman–Crippen MR) is 463 cm³/mol. The summed E-state index contributed by atoms with van der Waals surface area (Å²) in [5.74, 6) is -2.43. The molecule has 0 aliphatic rings. The van der Waals surface area contributed by atoms with Gasteiger partial charge in [0.1, 0.15) is 19.3 Å². The van der Waals surface area contributed by atoms with Crippen molar-refractivity contribution in [3.05, 3.63) is 194 Å². The highest BCUT2D eigenvalue weighted by atomic mass is 31.2. The first kappa shape index (κ1) is 106. The maximum atomic E-state index is 13.1. The van der Waals surface area contributed by atoms with Gasteiger partial charge in [-0.1, -0.05) is 306 Å². The Balaban J connectivity index is 5.58. The second kappa shape index (κ2) is 82.9. The molecule has 0 rings (SSSR count). The van der Waals surface area contributed by atoms with E-state index in [4.69, 9.17) is 37.0 Å². The van der Waals surface area contributed by atoms with Crippen LogP contribution in [0.25, 0.3) is 0 Å². The van der Waals surface area contributed by atoms with Gasteiger partial charge in [0.25, 0.3) is 0 Å². The van der Waals surface area contributed by atoms with Gasteiger partial charge in [0.15, 0.2) is 12.2 Å². The molecule has 0 aliphatic heterocycles. The SMILES string of the molecule is CC/C=C\C/C=C\C/C=C\C/C=C\C/C=C\CCCCCC(=O)OC[C@H](COP(=O)(O)OC[C@@H](O)COP(=O)(O)OC[C@@H](COC(=O)CCCCCCCCC/C=C\CCCCCC)OC(=O)CC/C=C\C/C=C\C/C=C\C/C=C\C/C=C\CCCCC)OC(=O)CC/C=C\C/C=C\C/C=C\C/C=C\C/C=C\CCCCC. The van der Waals surface area contributed by atoms with Crippen molar-refractivity contribution in [1.29, 1.82) is 0 Å². The summed E-state index contributed by atoms with van der Waals surface area (Å²) in [5, 5.41) is 10.7. The van der Waals surface area contributed by atoms with E-state index in [9.17, 15) is 43.2 Å². The lowest BCUT2D eigenvalue weighted by molar-refractivity contribution is -0.161. The van der Waals surface area contributed by atoms with Gasteiger partial charge in [0.2, 0.25) is 0 Å². The van der Waals surface area contributed by atoms with Gasteiger partial charge in [0.05, 0.1) is 26.4 Å². The standard InChI is InChI=1S/C93H150O17P2/c1-5-9-13-17-21-25-29-33-37-40-43-46-50-54-58-62-66-70-74-78-91(96)104-84-89(110-93(98)80-76-72-68-64-60-56-52-48-45-42-39-35-31-27-23-19-15-11-7-3)86-108-112(101,102)106-82-87(94)81-105-111(99,100)107-85-88(83-103-90(95)77-73-69-65-61-57-53-49-36-32-28-24-20-16-12-8-4)109-92(97)79-75-71-67-63-59-55-51-47-44-41-38-34-30-26-22-18-14-10-6-2/h9,13,21-23,25-28,32-35,37-39,43-48,54-56,58-60,67-68,71-72,87-89,94H,5-8,10-12,14-20,24,29-31,36,40-42,49-53,57,61-66,69-70,73-86H2,1-4H3,(H,99,100)(H,101,102)/b13-9-,25-21-,26-22-,27-23-,32-28-,37-33-,38-34-,39-35-,46-43-,47-44-,48-45-,58-54-,59-55-,60-56-,71-67-,72-68-/t87-,88+,89+/m0/s1. The second-order valence-electron chi connectivity index (χ2n) is 27.7. The summed E-state index contributed by atoms with van der Waals surface area (Å²) in [4.78, 5) is 73.2. The van der Waals surface area contributed by atoms with Crippen LogP contribution in [0, 0.1) is 0 Å². The molecule has 112 heavy (non-hydrogen) atoms. The molecule has 3 N–H and O–H groups in total. The topological polar surface area (TPSA) is 237 Å². The fraction of sp³-hybridized carbons (Fsp3) is 0.613. The van der Waals surface area contributed by atoms with Crippen molar-refractivity contribution in [1.82, 2.24) is 0 Å². The molecule has 0 radical (unpaired) electrons. The first-order valence-electron chi connectivity index (χ1n) is 42.7. The average Bonchev–Trinajstić information content (AvgIpc) is 0.908. The molecule has 2 unspecified atom stereocenters. The van der Waals surface area contributed by atoms with Gasteiger partial charge in [-0.25, -0.2) is 9.13 Å². The van der Waals surface area contributed by atoms with Crippen molar-refractivity contribution < 1.29 is 80.2 Å². The van der Waals surface area contributed by atoms with E-state index in [1.54, 1.807) is 0 Å². The van der Waals surface area contributed by atoms with Crippen LogP contribution >= 0.6 is 15.6 Å². The first-order chi connectivity index (χ1) is 54.7. The highest BCUT2D eigenvalue weighted by Crippen LogP contribution is 2.45. The summed E-state index contributed by atoms with van der Waals surface area (Å²) in [7, 11) is -10.0. The van der Waals surface area contributed by atoms with E-state index < -0.39 is 97.5 Å². The fourth-order valence-electron chi connectivity index (χ4n) is 10.6. The minimum atomic E-state index is -5.03. The molecule has 0 aliphatic carbocycles. The second-order valence-corrected chi connectivity index (χ2v) is 30.6. The maximum Gasteiger partial charge on any atom is 0.472 e. The zero-order valence-corrected chi connectivity index (χ0v) is 71.3. The van der Waals surface area contributed by atoms with Crippen molar-refractivity contribution >= 4 is 39.5 Å². The number of esters is 4. The van der Waals surface area contributed by atoms with E-state index in [0.717, 1.165) is 154 Å². The normalized spacial score (nSPS) is 14.7. The van der Waals surface area contributed by atoms with E-state index in [2.05, 4.69) is 186 Å². The van der Waals surface area contributed by atoms with Crippen LogP contribution in [-0.4, -0.2) is 96.7 Å². The number of aliphatic hydroxyl groups excluding tert-OH is 1. The van der Waals surface area contributed by atoms with Crippen LogP contribution in [0.4, 0.5) is 0 Å². The zero-order chi connectivity index (χ0) is 81.7. The number of aliphatic hydroxyl groups is 1. The average molecular weight is 1600 g/mol. The Bertz CT molecular complexity index is 2890. The number of carbonyl (C=O) groups is 4. The Hall–Kier alpha value is -6.10. The summed E-state index contributed by atoms with van der Waals surface area (Å²) >= 11 is 0. The van der Waals surface area contributed by atoms with Gasteiger partial charge >= 0.3 is 39.5 Å². The molecule has 0 aromatic heterocycles. The quantitative estimate of drug-likeness (QED) is 0.0169. The van der Waals surface area contributed by atoms with Crippen molar-refractivity contribution in [3.63, 3.8) is 0 Å². The minimum Gasteiger partial charge on any atom is -0.462 e. The molecule has 0 aromatic carbocycles. The highest BCUT2D eigenvalue weighted by molar-refractivity contribution is 7.47. The lowest BCUT2D eigenvalue weighted by atomic mass is 10.1. The van der Waals surface area contributed by atoms with Crippen LogP contribution in [0.5, 0.6) is 0 Å². The molecule has 5 atom stereocenters. The van der Waals surface area contributed by atoms with Gasteiger partial charge in [-0.05, 0) is 173 Å². The Kier molecular flexibility index (Phi) is 78.4. The van der Waals surface area contributed by atoms with E-state index in [-0.39, 0.29) is 25.7 Å². The van der Waals surface area contributed by atoms with Crippen molar-refractivity contribution in [3.8, 4) is 0 Å². The molecule has 0 saturated heterocycles. The third-order valence-corrected chi connectivity index (χ3v) is 18.9. The van der Waals surface area contributed by atoms with Gasteiger partial charge in [0, 0.05) is 25.7 Å². The van der Waals surface area contributed by atoms with E-state index in [0.29, 0.717) is 38.5 Å². The molecule has 0 amide bonds. The summed E-state index contributed by atoms with van der Waals surface area (Å²) < 4.78 is 68.6. The van der Waals surface area contributed by atoms with Gasteiger partial charge in [-0.15, -0.1) is 0 Å². The number of ether oxygens (including phenoxy) is 4. The molecule has 0 heterocycles. The van der Waals surface area contributed by atoms with Crippen LogP contribution in [0.3, 0.4) is 0 Å². The minimum absolute atomic E-state index is 0.0383. The summed E-state index contributed by atoms with van der Waals surface area (Å²) in [6.07, 6.45) is 103. The predicted octanol–water partition coefficient (Wildman–Crippen LogP) is 25.7. The number of unbranched alkanes of at least 4 members (excludes halogenated alkanes) is 20. The number of carbonyl (C=O) groups excluding carboxylic acids is 4. The van der Waals surface area contributed by atoms with Crippen LogP contribution in [-0.2, 0) is 65.4 Å². The summed E-state index contributed by atoms with van der Waals surface area (Å²) in [6.45, 7) is 4.47. The number of hydrogen-bond donors (Lipinski definition) is 3. The third kappa shape index (κ3) is 81.9. The molecule has 0 saturated carbocycles. The highest BCUT2D eigenvalue weighted by Gasteiger charge is 2.30. The fourth-order valence-corrected chi connectivity index (χ4v) is 12.1. The zero-order valence-electron chi connectivity index (χ0n) is 69.5. The Labute approximate surface area is 678 Å². The van der Waals surface area contributed by atoms with Gasteiger partial charge in [-0.2, -0.15) is 0 Å². The smallest absolute Gasteiger partial charge is 0.462 e. The van der Waals surface area contributed by atoms with Crippen LogP contribution in [0.2, 0.25) is 0 Å². The number of hydrogen-bond acceptors (Lipinski definition) is 15. The van der Waals surface area contributed by atoms with Crippen molar-refractivity contribution in [2.45, 2.75) is 329 Å². The summed E-state index contributed by atoms with van der Waals surface area (Å²) in [5.41, 5.74) is 0. The Morgan fingerprint density at radius 3 is 0.786 bits per heavy atom. The molecule has 634 valence electrons. The molecule has 0 fully saturated rings. The van der Waals surface area contributed by atoms with Gasteiger partial charge in [-0.3, -0.25) is 37.3 Å².